The third kappa shape index (κ3) is 2.13. The normalized spacial score (nSPS) is 23.5. The molecule has 1 aliphatic rings. The summed E-state index contributed by atoms with van der Waals surface area (Å²) in [6.45, 7) is 7.53. The van der Waals surface area contributed by atoms with Gasteiger partial charge in [0.25, 0.3) is 0 Å². The van der Waals surface area contributed by atoms with Crippen molar-refractivity contribution in [1.82, 2.24) is 10.3 Å². The Kier molecular flexibility index (Phi) is 2.31. The molecule has 1 saturated carbocycles. The van der Waals surface area contributed by atoms with Crippen LogP contribution in [-0.4, -0.2) is 11.0 Å². The Hall–Kier alpha value is -0.890. The quantitative estimate of drug-likeness (QED) is 0.791. The molecule has 0 aliphatic heterocycles. The Morgan fingerprint density at radius 1 is 1.50 bits per heavy atom. The zero-order chi connectivity index (χ0) is 10.2. The van der Waals surface area contributed by atoms with Crippen LogP contribution in [0.3, 0.4) is 0 Å². The zero-order valence-electron chi connectivity index (χ0n) is 9.17. The Morgan fingerprint density at radius 3 is 2.79 bits per heavy atom. The molecule has 0 aromatic carbocycles. The smallest absolute Gasteiger partial charge is 0.0544 e. The van der Waals surface area contributed by atoms with Gasteiger partial charge in [-0.3, -0.25) is 4.98 Å². The first kappa shape index (κ1) is 9.66. The monoisotopic (exact) mass is 190 g/mol. The van der Waals surface area contributed by atoms with E-state index in [1.807, 2.05) is 13.0 Å². The van der Waals surface area contributed by atoms with Gasteiger partial charge in [-0.1, -0.05) is 19.9 Å². The van der Waals surface area contributed by atoms with Crippen molar-refractivity contribution in [2.75, 3.05) is 0 Å². The van der Waals surface area contributed by atoms with Gasteiger partial charge in [0.1, 0.15) is 0 Å². The van der Waals surface area contributed by atoms with Crippen LogP contribution in [0.1, 0.15) is 31.7 Å². The topological polar surface area (TPSA) is 24.9 Å². The Bertz CT molecular complexity index is 331. The summed E-state index contributed by atoms with van der Waals surface area (Å²) in [6.07, 6.45) is 1.29. The van der Waals surface area contributed by atoms with Gasteiger partial charge in [-0.05, 0) is 30.9 Å². The SMILES string of the molecule is Cc1cccc(CNC2CC2(C)C)n1. The minimum absolute atomic E-state index is 0.504. The molecule has 0 spiro atoms. The predicted octanol–water partition coefficient (Wildman–Crippen LogP) is 2.28. The second kappa shape index (κ2) is 3.35. The van der Waals surface area contributed by atoms with E-state index in [9.17, 15) is 0 Å². The van der Waals surface area contributed by atoms with Crippen LogP contribution in [0.4, 0.5) is 0 Å². The van der Waals surface area contributed by atoms with E-state index < -0.39 is 0 Å². The van der Waals surface area contributed by atoms with Gasteiger partial charge < -0.3 is 5.32 Å². The standard InChI is InChI=1S/C12H18N2/c1-9-5-4-6-10(14-9)8-13-11-7-12(11,2)3/h4-6,11,13H,7-8H2,1-3H3. The molecule has 1 heterocycles. The summed E-state index contributed by atoms with van der Waals surface area (Å²) >= 11 is 0. The van der Waals surface area contributed by atoms with Crippen molar-refractivity contribution >= 4 is 0 Å². The number of nitrogens with one attached hydrogen (secondary N) is 1. The third-order valence-electron chi connectivity index (χ3n) is 2.99. The van der Waals surface area contributed by atoms with Gasteiger partial charge in [-0.2, -0.15) is 0 Å². The average Bonchev–Trinajstić information content (AvgIpc) is 2.71. The molecule has 2 heteroatoms. The highest BCUT2D eigenvalue weighted by Gasteiger charge is 2.44. The maximum atomic E-state index is 4.46. The minimum Gasteiger partial charge on any atom is -0.308 e. The maximum absolute atomic E-state index is 4.46. The molecule has 0 saturated heterocycles. The van der Waals surface area contributed by atoms with Crippen LogP contribution in [0, 0.1) is 12.3 Å². The van der Waals surface area contributed by atoms with E-state index in [-0.39, 0.29) is 0 Å². The summed E-state index contributed by atoms with van der Waals surface area (Å²) in [5, 5.41) is 3.53. The lowest BCUT2D eigenvalue weighted by Gasteiger charge is -2.06. The summed E-state index contributed by atoms with van der Waals surface area (Å²) in [5.41, 5.74) is 2.75. The molecule has 76 valence electrons. The first-order valence-corrected chi connectivity index (χ1v) is 5.24. The van der Waals surface area contributed by atoms with Crippen LogP contribution < -0.4 is 5.32 Å². The first-order valence-electron chi connectivity index (χ1n) is 5.24. The molecular formula is C12H18N2. The van der Waals surface area contributed by atoms with E-state index >= 15 is 0 Å². The molecule has 1 aromatic rings. The number of nitrogens with zero attached hydrogens (tertiary/aromatic N) is 1. The fraction of sp³-hybridized carbons (Fsp3) is 0.583. The molecule has 14 heavy (non-hydrogen) atoms. The van der Waals surface area contributed by atoms with Crippen molar-refractivity contribution in [1.29, 1.82) is 0 Å². The summed E-state index contributed by atoms with van der Waals surface area (Å²) < 4.78 is 0. The summed E-state index contributed by atoms with van der Waals surface area (Å²) in [7, 11) is 0. The number of aromatic nitrogens is 1. The van der Waals surface area contributed by atoms with E-state index in [1.165, 1.54) is 6.42 Å². The van der Waals surface area contributed by atoms with Crippen molar-refractivity contribution < 1.29 is 0 Å². The lowest BCUT2D eigenvalue weighted by molar-refractivity contribution is 0.538. The van der Waals surface area contributed by atoms with Crippen molar-refractivity contribution in [2.45, 2.75) is 39.8 Å². The Morgan fingerprint density at radius 2 is 2.21 bits per heavy atom. The van der Waals surface area contributed by atoms with Crippen LogP contribution in [-0.2, 0) is 6.54 Å². The van der Waals surface area contributed by atoms with E-state index in [2.05, 4.69) is 36.3 Å². The van der Waals surface area contributed by atoms with Crippen LogP contribution in [0.15, 0.2) is 18.2 Å². The van der Waals surface area contributed by atoms with Crippen molar-refractivity contribution in [2.24, 2.45) is 5.41 Å². The molecule has 0 bridgehead atoms. The summed E-state index contributed by atoms with van der Waals surface area (Å²) in [4.78, 5) is 4.46. The second-order valence-electron chi connectivity index (χ2n) is 4.90. The van der Waals surface area contributed by atoms with Crippen LogP contribution in [0.2, 0.25) is 0 Å². The van der Waals surface area contributed by atoms with Crippen LogP contribution >= 0.6 is 0 Å². The number of hydrogen-bond acceptors (Lipinski definition) is 2. The maximum Gasteiger partial charge on any atom is 0.0544 e. The van der Waals surface area contributed by atoms with Gasteiger partial charge in [-0.15, -0.1) is 0 Å². The molecule has 1 atom stereocenters. The number of hydrogen-bond donors (Lipinski definition) is 1. The molecule has 1 N–H and O–H groups in total. The van der Waals surface area contributed by atoms with Gasteiger partial charge in [-0.25, -0.2) is 0 Å². The van der Waals surface area contributed by atoms with Crippen molar-refractivity contribution in [3.63, 3.8) is 0 Å². The molecule has 2 rings (SSSR count). The number of aryl methyl sites for hydroxylation is 1. The van der Waals surface area contributed by atoms with E-state index in [1.54, 1.807) is 0 Å². The highest BCUT2D eigenvalue weighted by Crippen LogP contribution is 2.44. The highest BCUT2D eigenvalue weighted by atomic mass is 15.0. The molecule has 1 fully saturated rings. The highest BCUT2D eigenvalue weighted by molar-refractivity contribution is 5.11. The first-order chi connectivity index (χ1) is 6.58. The molecule has 1 unspecified atom stereocenters. The molecule has 0 amide bonds. The van der Waals surface area contributed by atoms with Gasteiger partial charge >= 0.3 is 0 Å². The fourth-order valence-corrected chi connectivity index (χ4v) is 1.74. The van der Waals surface area contributed by atoms with Gasteiger partial charge in [0.15, 0.2) is 0 Å². The minimum atomic E-state index is 0.504. The lowest BCUT2D eigenvalue weighted by Crippen LogP contribution is -2.20. The van der Waals surface area contributed by atoms with Gasteiger partial charge in [0, 0.05) is 18.3 Å². The fourth-order valence-electron chi connectivity index (χ4n) is 1.74. The van der Waals surface area contributed by atoms with Gasteiger partial charge in [0.2, 0.25) is 0 Å². The van der Waals surface area contributed by atoms with Crippen LogP contribution in [0.25, 0.3) is 0 Å². The van der Waals surface area contributed by atoms with Gasteiger partial charge in [0.05, 0.1) is 5.69 Å². The van der Waals surface area contributed by atoms with E-state index in [0.717, 1.165) is 17.9 Å². The van der Waals surface area contributed by atoms with Crippen molar-refractivity contribution in [3.05, 3.63) is 29.6 Å². The summed E-state index contributed by atoms with van der Waals surface area (Å²) in [6, 6.07) is 6.86. The Balaban J connectivity index is 1.87. The number of pyridine rings is 1. The molecule has 2 nitrogen and oxygen atoms in total. The molecule has 1 aliphatic carbocycles. The van der Waals surface area contributed by atoms with E-state index in [0.29, 0.717) is 11.5 Å². The molecular weight excluding hydrogens is 172 g/mol. The van der Waals surface area contributed by atoms with Crippen LogP contribution in [0.5, 0.6) is 0 Å². The van der Waals surface area contributed by atoms with Crippen molar-refractivity contribution in [3.8, 4) is 0 Å². The lowest BCUT2D eigenvalue weighted by atomic mass is 10.2. The second-order valence-corrected chi connectivity index (χ2v) is 4.90. The Labute approximate surface area is 85.7 Å². The molecule has 0 radical (unpaired) electrons. The predicted molar refractivity (Wildman–Crippen MR) is 58.0 cm³/mol. The average molecular weight is 190 g/mol. The van der Waals surface area contributed by atoms with E-state index in [4.69, 9.17) is 0 Å². The largest absolute Gasteiger partial charge is 0.308 e. The summed E-state index contributed by atoms with van der Waals surface area (Å²) in [5.74, 6) is 0. The third-order valence-corrected chi connectivity index (χ3v) is 2.99. The zero-order valence-corrected chi connectivity index (χ0v) is 9.17. The number of rotatable bonds is 3. The molecule has 1 aromatic heterocycles.